The summed E-state index contributed by atoms with van der Waals surface area (Å²) < 4.78 is 5.21. The summed E-state index contributed by atoms with van der Waals surface area (Å²) in [6, 6.07) is 3.47. The number of carbonyl (C=O) groups excluding carboxylic acids is 1. The van der Waals surface area contributed by atoms with Gasteiger partial charge in [-0.05, 0) is 45.6 Å². The Morgan fingerprint density at radius 3 is 2.36 bits per heavy atom. The number of piperazine rings is 1. The van der Waals surface area contributed by atoms with Gasteiger partial charge in [-0.25, -0.2) is 0 Å². The number of halogens is 1. The van der Waals surface area contributed by atoms with Crippen LogP contribution in [0.15, 0.2) is 27.8 Å². The molecule has 2 heterocycles. The second kappa shape index (κ2) is 13.8. The molecule has 0 unspecified atom stereocenters. The molecule has 1 aromatic rings. The summed E-state index contributed by atoms with van der Waals surface area (Å²) in [5, 5.41) is 3.47. The molecule has 28 heavy (non-hydrogen) atoms. The van der Waals surface area contributed by atoms with Crippen LogP contribution in [0, 0.1) is 0 Å². The molecule has 1 aliphatic rings. The van der Waals surface area contributed by atoms with E-state index in [0.29, 0.717) is 18.8 Å². The highest BCUT2D eigenvalue weighted by molar-refractivity contribution is 14.0. The quantitative estimate of drug-likeness (QED) is 0.242. The molecule has 0 aromatic carbocycles. The summed E-state index contributed by atoms with van der Waals surface area (Å²) in [6.45, 7) is 5.08. The maximum Gasteiger partial charge on any atom is 0.289 e. The van der Waals surface area contributed by atoms with E-state index in [1.54, 1.807) is 12.1 Å². The standard InChI is InChI=1S/C20H35N5O2.HI/c1-21-20(22-11-7-5-4-6-8-12-23(2)3)25-15-13-24(14-16-25)19(26)18-10-9-17-27-18;/h9-10,17H,4-8,11-16H2,1-3H3,(H,21,22);1H. The van der Waals surface area contributed by atoms with Crippen molar-refractivity contribution < 1.29 is 9.21 Å². The summed E-state index contributed by atoms with van der Waals surface area (Å²) >= 11 is 0. The van der Waals surface area contributed by atoms with E-state index in [9.17, 15) is 4.79 Å². The fraction of sp³-hybridized carbons (Fsp3) is 0.700. The van der Waals surface area contributed by atoms with Gasteiger partial charge in [-0.1, -0.05) is 19.3 Å². The lowest BCUT2D eigenvalue weighted by molar-refractivity contribution is 0.0657. The number of furan rings is 1. The summed E-state index contributed by atoms with van der Waals surface area (Å²) in [5.74, 6) is 1.32. The Labute approximate surface area is 186 Å². The van der Waals surface area contributed by atoms with E-state index in [-0.39, 0.29) is 29.9 Å². The molecule has 0 saturated carbocycles. The highest BCUT2D eigenvalue weighted by atomic mass is 127. The Balaban J connectivity index is 0.00000392. The van der Waals surface area contributed by atoms with E-state index in [0.717, 1.165) is 32.0 Å². The summed E-state index contributed by atoms with van der Waals surface area (Å²) in [5.41, 5.74) is 0. The minimum atomic E-state index is -0.0307. The van der Waals surface area contributed by atoms with Gasteiger partial charge >= 0.3 is 0 Å². The van der Waals surface area contributed by atoms with E-state index in [1.807, 2.05) is 11.9 Å². The Bertz CT molecular complexity index is 569. The Morgan fingerprint density at radius 1 is 1.11 bits per heavy atom. The molecule has 1 aromatic heterocycles. The molecule has 0 atom stereocenters. The topological polar surface area (TPSA) is 64.3 Å². The van der Waals surface area contributed by atoms with Crippen molar-refractivity contribution in [1.29, 1.82) is 0 Å². The molecule has 160 valence electrons. The number of amides is 1. The van der Waals surface area contributed by atoms with Crippen molar-refractivity contribution in [3.63, 3.8) is 0 Å². The van der Waals surface area contributed by atoms with Crippen molar-refractivity contribution in [1.82, 2.24) is 20.0 Å². The monoisotopic (exact) mass is 505 g/mol. The zero-order valence-corrected chi connectivity index (χ0v) is 19.9. The van der Waals surface area contributed by atoms with Crippen LogP contribution in [0.3, 0.4) is 0 Å². The molecule has 7 nitrogen and oxygen atoms in total. The van der Waals surface area contributed by atoms with Gasteiger partial charge in [0.2, 0.25) is 0 Å². The van der Waals surface area contributed by atoms with Crippen LogP contribution in [0.4, 0.5) is 0 Å². The first kappa shape index (κ1) is 24.7. The molecule has 1 fully saturated rings. The fourth-order valence-corrected chi connectivity index (χ4v) is 3.29. The van der Waals surface area contributed by atoms with Crippen LogP contribution in [-0.4, -0.2) is 87.0 Å². The maximum absolute atomic E-state index is 12.3. The molecule has 0 bridgehead atoms. The number of unbranched alkanes of at least 4 members (excludes halogenated alkanes) is 4. The number of guanidine groups is 1. The summed E-state index contributed by atoms with van der Waals surface area (Å²) in [7, 11) is 6.08. The van der Waals surface area contributed by atoms with Crippen LogP contribution >= 0.6 is 24.0 Å². The Hall–Kier alpha value is -1.29. The normalized spacial score (nSPS) is 14.9. The number of hydrogen-bond donors (Lipinski definition) is 1. The second-order valence-corrected chi connectivity index (χ2v) is 7.30. The number of nitrogens with zero attached hydrogens (tertiary/aromatic N) is 4. The number of hydrogen-bond acceptors (Lipinski definition) is 4. The predicted octanol–water partition coefficient (Wildman–Crippen LogP) is 2.74. The van der Waals surface area contributed by atoms with Crippen molar-refractivity contribution in [3.8, 4) is 0 Å². The van der Waals surface area contributed by atoms with E-state index in [1.165, 1.54) is 38.5 Å². The molecule has 2 rings (SSSR count). The average molecular weight is 505 g/mol. The second-order valence-electron chi connectivity index (χ2n) is 7.30. The number of nitrogens with one attached hydrogen (secondary N) is 1. The smallest absolute Gasteiger partial charge is 0.289 e. The van der Waals surface area contributed by atoms with Crippen LogP contribution < -0.4 is 5.32 Å². The third-order valence-electron chi connectivity index (χ3n) is 4.88. The van der Waals surface area contributed by atoms with Gasteiger partial charge in [-0.15, -0.1) is 24.0 Å². The zero-order valence-electron chi connectivity index (χ0n) is 17.5. The first-order valence-electron chi connectivity index (χ1n) is 10.0. The van der Waals surface area contributed by atoms with E-state index in [2.05, 4.69) is 34.2 Å². The third kappa shape index (κ3) is 8.38. The number of carbonyl (C=O) groups is 1. The molecule has 1 aliphatic heterocycles. The Kier molecular flexibility index (Phi) is 12.2. The van der Waals surface area contributed by atoms with Gasteiger partial charge in [-0.2, -0.15) is 0 Å². The third-order valence-corrected chi connectivity index (χ3v) is 4.88. The predicted molar refractivity (Wildman–Crippen MR) is 125 cm³/mol. The molecular formula is C20H36IN5O2. The van der Waals surface area contributed by atoms with Gasteiger partial charge in [0.15, 0.2) is 11.7 Å². The van der Waals surface area contributed by atoms with Gasteiger partial charge in [0.05, 0.1) is 6.26 Å². The lowest BCUT2D eigenvalue weighted by Gasteiger charge is -2.36. The number of rotatable bonds is 9. The summed E-state index contributed by atoms with van der Waals surface area (Å²) in [6.07, 6.45) is 7.83. The molecule has 0 radical (unpaired) electrons. The highest BCUT2D eigenvalue weighted by Crippen LogP contribution is 2.10. The molecule has 1 saturated heterocycles. The lowest BCUT2D eigenvalue weighted by Crippen LogP contribution is -2.53. The Morgan fingerprint density at radius 2 is 1.75 bits per heavy atom. The molecular weight excluding hydrogens is 469 g/mol. The molecule has 1 N–H and O–H groups in total. The van der Waals surface area contributed by atoms with E-state index in [4.69, 9.17) is 4.42 Å². The van der Waals surface area contributed by atoms with Crippen LogP contribution in [0.5, 0.6) is 0 Å². The molecule has 8 heteroatoms. The van der Waals surface area contributed by atoms with Gasteiger partial charge in [-0.3, -0.25) is 9.79 Å². The van der Waals surface area contributed by atoms with Gasteiger partial charge in [0.25, 0.3) is 5.91 Å². The van der Waals surface area contributed by atoms with Gasteiger partial charge < -0.3 is 24.4 Å². The largest absolute Gasteiger partial charge is 0.459 e. The molecule has 1 amide bonds. The van der Waals surface area contributed by atoms with E-state index < -0.39 is 0 Å². The SMILES string of the molecule is CN=C(NCCCCCCCN(C)C)N1CCN(C(=O)c2ccco2)CC1.I. The lowest BCUT2D eigenvalue weighted by atomic mass is 10.1. The molecule has 0 spiro atoms. The van der Waals surface area contributed by atoms with Crippen LogP contribution in [0.2, 0.25) is 0 Å². The van der Waals surface area contributed by atoms with Crippen molar-refractivity contribution in [2.75, 3.05) is 60.4 Å². The highest BCUT2D eigenvalue weighted by Gasteiger charge is 2.24. The minimum Gasteiger partial charge on any atom is -0.459 e. The minimum absolute atomic E-state index is 0. The van der Waals surface area contributed by atoms with Crippen LogP contribution in [0.1, 0.15) is 42.7 Å². The van der Waals surface area contributed by atoms with Gasteiger partial charge in [0, 0.05) is 39.8 Å². The fourth-order valence-electron chi connectivity index (χ4n) is 3.29. The summed E-state index contributed by atoms with van der Waals surface area (Å²) in [4.78, 5) is 23.0. The maximum atomic E-state index is 12.3. The van der Waals surface area contributed by atoms with Crippen LogP contribution in [-0.2, 0) is 0 Å². The van der Waals surface area contributed by atoms with Gasteiger partial charge in [0.1, 0.15) is 0 Å². The zero-order chi connectivity index (χ0) is 19.5. The van der Waals surface area contributed by atoms with E-state index >= 15 is 0 Å². The van der Waals surface area contributed by atoms with Crippen molar-refractivity contribution in [2.45, 2.75) is 32.1 Å². The first-order chi connectivity index (χ1) is 13.1. The van der Waals surface area contributed by atoms with Crippen LogP contribution in [0.25, 0.3) is 0 Å². The number of aliphatic imine (C=N–C) groups is 1. The van der Waals surface area contributed by atoms with Crippen molar-refractivity contribution in [2.24, 2.45) is 4.99 Å². The van der Waals surface area contributed by atoms with Crippen molar-refractivity contribution in [3.05, 3.63) is 24.2 Å². The molecule has 0 aliphatic carbocycles. The van der Waals surface area contributed by atoms with Crippen molar-refractivity contribution >= 4 is 35.8 Å². The first-order valence-corrected chi connectivity index (χ1v) is 10.0. The average Bonchev–Trinajstić information content (AvgIpc) is 3.21.